The number of benzene rings is 1. The second-order valence-electron chi connectivity index (χ2n) is 7.32. The Hall–Kier alpha value is -0.730. The molecule has 2 heterocycles. The summed E-state index contributed by atoms with van der Waals surface area (Å²) in [7, 11) is 0. The average molecular weight is 506 g/mol. The Morgan fingerprint density at radius 1 is 1.22 bits per heavy atom. The number of nitrogens with one attached hydrogen (secondary N) is 2. The van der Waals surface area contributed by atoms with Crippen molar-refractivity contribution in [3.63, 3.8) is 0 Å². The highest BCUT2D eigenvalue weighted by molar-refractivity contribution is 14.0. The minimum atomic E-state index is 0. The molecule has 7 heteroatoms. The predicted octanol–water partition coefficient (Wildman–Crippen LogP) is 3.43. The zero-order valence-electron chi connectivity index (χ0n) is 16.5. The molecule has 1 aromatic carbocycles. The van der Waals surface area contributed by atoms with Crippen LogP contribution >= 0.6 is 35.6 Å². The van der Waals surface area contributed by atoms with Gasteiger partial charge in [-0.3, -0.25) is 4.99 Å². The largest absolute Gasteiger partial charge is 0.369 e. The zero-order valence-corrected chi connectivity index (χ0v) is 19.5. The van der Waals surface area contributed by atoms with Crippen molar-refractivity contribution in [3.05, 3.63) is 29.3 Å². The number of likely N-dealkylation sites (tertiary alicyclic amines) is 1. The summed E-state index contributed by atoms with van der Waals surface area (Å²) < 4.78 is 0. The van der Waals surface area contributed by atoms with E-state index in [9.17, 15) is 0 Å². The van der Waals surface area contributed by atoms with Crippen LogP contribution in [-0.2, 0) is 0 Å². The SMILES string of the molecule is CCNC(=NCC1CCN(CC)C1)NC1CCN(c2cccc(Cl)c2)C1.I. The molecule has 2 aliphatic heterocycles. The number of hydrogen-bond donors (Lipinski definition) is 2. The number of halogens is 2. The molecule has 2 unspecified atom stereocenters. The quantitative estimate of drug-likeness (QED) is 0.353. The Labute approximate surface area is 185 Å². The highest BCUT2D eigenvalue weighted by atomic mass is 127. The van der Waals surface area contributed by atoms with E-state index >= 15 is 0 Å². The molecule has 2 aliphatic rings. The lowest BCUT2D eigenvalue weighted by Gasteiger charge is -2.21. The summed E-state index contributed by atoms with van der Waals surface area (Å²) in [6, 6.07) is 8.54. The fourth-order valence-corrected chi connectivity index (χ4v) is 4.05. The molecular formula is C20H33ClIN5. The number of hydrogen-bond acceptors (Lipinski definition) is 3. The first-order chi connectivity index (χ1) is 12.7. The fraction of sp³-hybridized carbons (Fsp3) is 0.650. The smallest absolute Gasteiger partial charge is 0.191 e. The van der Waals surface area contributed by atoms with Crippen molar-refractivity contribution in [1.82, 2.24) is 15.5 Å². The summed E-state index contributed by atoms with van der Waals surface area (Å²) in [5.74, 6) is 1.65. The van der Waals surface area contributed by atoms with Gasteiger partial charge in [-0.2, -0.15) is 0 Å². The lowest BCUT2D eigenvalue weighted by atomic mass is 10.1. The van der Waals surface area contributed by atoms with E-state index in [1.54, 1.807) is 0 Å². The topological polar surface area (TPSA) is 42.9 Å². The zero-order chi connectivity index (χ0) is 18.4. The van der Waals surface area contributed by atoms with Crippen molar-refractivity contribution in [2.24, 2.45) is 10.9 Å². The van der Waals surface area contributed by atoms with Crippen LogP contribution in [0.1, 0.15) is 26.7 Å². The number of aliphatic imine (C=N–C) groups is 1. The lowest BCUT2D eigenvalue weighted by molar-refractivity contribution is 0.343. The van der Waals surface area contributed by atoms with E-state index in [2.05, 4.69) is 40.3 Å². The number of guanidine groups is 1. The first-order valence-electron chi connectivity index (χ1n) is 9.95. The van der Waals surface area contributed by atoms with Crippen molar-refractivity contribution >= 4 is 47.2 Å². The summed E-state index contributed by atoms with van der Waals surface area (Å²) in [5, 5.41) is 7.84. The number of rotatable bonds is 6. The van der Waals surface area contributed by atoms with Gasteiger partial charge in [0.2, 0.25) is 0 Å². The predicted molar refractivity (Wildman–Crippen MR) is 127 cm³/mol. The highest BCUT2D eigenvalue weighted by Crippen LogP contribution is 2.23. The normalized spacial score (nSPS) is 23.4. The molecule has 5 nitrogen and oxygen atoms in total. The highest BCUT2D eigenvalue weighted by Gasteiger charge is 2.24. The van der Waals surface area contributed by atoms with Crippen LogP contribution in [0, 0.1) is 5.92 Å². The van der Waals surface area contributed by atoms with Crippen molar-refractivity contribution in [2.75, 3.05) is 50.7 Å². The van der Waals surface area contributed by atoms with Gasteiger partial charge in [0.25, 0.3) is 0 Å². The van der Waals surface area contributed by atoms with E-state index in [-0.39, 0.29) is 24.0 Å². The summed E-state index contributed by atoms with van der Waals surface area (Å²) >= 11 is 6.13. The molecule has 2 atom stereocenters. The van der Waals surface area contributed by atoms with Crippen molar-refractivity contribution in [3.8, 4) is 0 Å². The maximum Gasteiger partial charge on any atom is 0.191 e. The molecule has 0 bridgehead atoms. The van der Waals surface area contributed by atoms with Crippen LogP contribution in [0.3, 0.4) is 0 Å². The fourth-order valence-electron chi connectivity index (χ4n) is 3.87. The molecular weight excluding hydrogens is 473 g/mol. The third kappa shape index (κ3) is 6.68. The molecule has 2 N–H and O–H groups in total. The molecule has 2 saturated heterocycles. The number of nitrogens with zero attached hydrogens (tertiary/aromatic N) is 3. The van der Waals surface area contributed by atoms with Crippen LogP contribution in [0.15, 0.2) is 29.3 Å². The molecule has 0 saturated carbocycles. The lowest BCUT2D eigenvalue weighted by Crippen LogP contribution is -2.45. The van der Waals surface area contributed by atoms with Gasteiger partial charge < -0.3 is 20.4 Å². The minimum Gasteiger partial charge on any atom is -0.369 e. The van der Waals surface area contributed by atoms with Crippen molar-refractivity contribution in [1.29, 1.82) is 0 Å². The van der Waals surface area contributed by atoms with Crippen LogP contribution in [0.2, 0.25) is 5.02 Å². The molecule has 0 amide bonds. The molecule has 27 heavy (non-hydrogen) atoms. The van der Waals surface area contributed by atoms with Crippen molar-refractivity contribution < 1.29 is 0 Å². The molecule has 3 rings (SSSR count). The van der Waals surface area contributed by atoms with Crippen molar-refractivity contribution in [2.45, 2.75) is 32.7 Å². The second-order valence-corrected chi connectivity index (χ2v) is 7.76. The van der Waals surface area contributed by atoms with E-state index in [1.165, 1.54) is 25.2 Å². The van der Waals surface area contributed by atoms with Gasteiger partial charge in [0.15, 0.2) is 5.96 Å². The minimum absolute atomic E-state index is 0. The summed E-state index contributed by atoms with van der Waals surface area (Å²) in [5.41, 5.74) is 1.20. The van der Waals surface area contributed by atoms with Gasteiger partial charge in [0.05, 0.1) is 0 Å². The van der Waals surface area contributed by atoms with Gasteiger partial charge in [0, 0.05) is 49.5 Å². The van der Waals surface area contributed by atoms with Crippen LogP contribution in [0.25, 0.3) is 0 Å². The van der Waals surface area contributed by atoms with E-state index in [0.717, 1.165) is 50.1 Å². The molecule has 0 radical (unpaired) electrons. The molecule has 152 valence electrons. The van der Waals surface area contributed by atoms with E-state index in [0.29, 0.717) is 12.0 Å². The van der Waals surface area contributed by atoms with Gasteiger partial charge in [-0.1, -0.05) is 24.6 Å². The van der Waals surface area contributed by atoms with E-state index in [4.69, 9.17) is 16.6 Å². The summed E-state index contributed by atoms with van der Waals surface area (Å²) in [4.78, 5) is 9.77. The van der Waals surface area contributed by atoms with Gasteiger partial charge in [-0.25, -0.2) is 0 Å². The monoisotopic (exact) mass is 505 g/mol. The van der Waals surface area contributed by atoms with Crippen LogP contribution in [-0.4, -0.2) is 62.7 Å². The van der Waals surface area contributed by atoms with Gasteiger partial charge in [-0.05, 0) is 57.0 Å². The number of anilines is 1. The molecule has 0 aromatic heterocycles. The molecule has 0 aliphatic carbocycles. The Bertz CT molecular complexity index is 612. The van der Waals surface area contributed by atoms with Gasteiger partial charge in [0.1, 0.15) is 0 Å². The third-order valence-corrected chi connectivity index (χ3v) is 5.61. The van der Waals surface area contributed by atoms with E-state index < -0.39 is 0 Å². The van der Waals surface area contributed by atoms with Gasteiger partial charge in [-0.15, -0.1) is 24.0 Å². The van der Waals surface area contributed by atoms with Gasteiger partial charge >= 0.3 is 0 Å². The Balaban J connectivity index is 0.00000261. The van der Waals surface area contributed by atoms with Crippen LogP contribution in [0.4, 0.5) is 5.69 Å². The molecule has 0 spiro atoms. The molecule has 2 fully saturated rings. The summed E-state index contributed by atoms with van der Waals surface area (Å²) in [6.07, 6.45) is 2.38. The van der Waals surface area contributed by atoms with Crippen LogP contribution in [0.5, 0.6) is 0 Å². The maximum absolute atomic E-state index is 6.13. The Kier molecular flexibility index (Phi) is 9.45. The molecule has 1 aromatic rings. The average Bonchev–Trinajstić information content (AvgIpc) is 3.29. The first-order valence-corrected chi connectivity index (χ1v) is 10.3. The second kappa shape index (κ2) is 11.3. The Morgan fingerprint density at radius 3 is 2.78 bits per heavy atom. The standard InChI is InChI=1S/C20H32ClN5.HI/c1-3-22-20(23-13-16-8-10-25(4-2)14-16)24-18-9-11-26(15-18)19-7-5-6-17(21)12-19;/h5-7,12,16,18H,3-4,8-11,13-15H2,1-2H3,(H2,22,23,24);1H. The third-order valence-electron chi connectivity index (χ3n) is 5.37. The first kappa shape index (κ1) is 22.6. The summed E-state index contributed by atoms with van der Waals surface area (Å²) in [6.45, 7) is 11.8. The van der Waals surface area contributed by atoms with Crippen LogP contribution < -0.4 is 15.5 Å². The van der Waals surface area contributed by atoms with E-state index in [1.807, 2.05) is 18.2 Å². The Morgan fingerprint density at radius 2 is 2.07 bits per heavy atom. The maximum atomic E-state index is 6.13.